The third kappa shape index (κ3) is 9.88. The van der Waals surface area contributed by atoms with Gasteiger partial charge in [0.2, 0.25) is 15.9 Å². The number of carboxylic acids is 1. The molecule has 1 saturated heterocycles. The highest BCUT2D eigenvalue weighted by Crippen LogP contribution is 2.24. The van der Waals surface area contributed by atoms with Crippen molar-refractivity contribution in [3.05, 3.63) is 82.9 Å². The van der Waals surface area contributed by atoms with E-state index >= 15 is 0 Å². The van der Waals surface area contributed by atoms with Gasteiger partial charge in [0.15, 0.2) is 0 Å². The quantitative estimate of drug-likeness (QED) is 0.169. The lowest BCUT2D eigenvalue weighted by atomic mass is 10.1. The molecule has 252 valence electrons. The van der Waals surface area contributed by atoms with Crippen LogP contribution in [0.1, 0.15) is 28.7 Å². The van der Waals surface area contributed by atoms with Crippen LogP contribution in [0.3, 0.4) is 0 Å². The molecule has 0 unspecified atom stereocenters. The highest BCUT2D eigenvalue weighted by molar-refractivity contribution is 7.89. The topological polar surface area (TPSA) is 202 Å². The van der Waals surface area contributed by atoms with Gasteiger partial charge in [0.25, 0.3) is 0 Å². The number of aromatic nitrogens is 1. The Kier molecular flexibility index (Phi) is 11.7. The summed E-state index contributed by atoms with van der Waals surface area (Å²) in [5.41, 5.74) is 8.43. The van der Waals surface area contributed by atoms with Crippen molar-refractivity contribution in [2.24, 2.45) is 0 Å². The first-order valence-electron chi connectivity index (χ1n) is 15.0. The Morgan fingerprint density at radius 3 is 2.43 bits per heavy atom. The van der Waals surface area contributed by atoms with Gasteiger partial charge in [0, 0.05) is 13.1 Å². The number of hydrogen-bond donors (Lipinski definition) is 5. The molecule has 0 spiro atoms. The number of ether oxygens (including phenoxy) is 2. The maximum atomic E-state index is 13.1. The van der Waals surface area contributed by atoms with E-state index in [1.54, 1.807) is 44.2 Å². The van der Waals surface area contributed by atoms with Crippen LogP contribution in [0.25, 0.3) is 0 Å². The molecule has 0 radical (unpaired) electrons. The Hall–Kier alpha value is -4.73. The monoisotopic (exact) mass is 668 g/mol. The lowest BCUT2D eigenvalue weighted by Gasteiger charge is -2.24. The number of nitrogens with one attached hydrogen (secondary N) is 3. The van der Waals surface area contributed by atoms with E-state index in [0.29, 0.717) is 35.7 Å². The smallest absolute Gasteiger partial charge is 0.410 e. The zero-order valence-electron chi connectivity index (χ0n) is 26.4. The first-order valence-corrected chi connectivity index (χ1v) is 16.5. The van der Waals surface area contributed by atoms with Gasteiger partial charge in [-0.2, -0.15) is 4.72 Å². The standard InChI is InChI=1S/C32H40N6O8S/c1-20-12-21(2)30(22(3)13-20)47(43,44)37-26(31(40)41)16-35-29(39)19-45-25-14-24(15-34-28-11-7-10-27(33)36-28)38(17-25)32(42)46-18-23-8-5-4-6-9-23/h4-13,24-26,37H,14-19H2,1-3H3,(H,35,39)(H,40,41)(H3,33,34,36)/t24-,25+,26-/m0/s1. The third-order valence-electron chi connectivity index (χ3n) is 7.53. The van der Waals surface area contributed by atoms with E-state index in [0.717, 1.165) is 11.1 Å². The highest BCUT2D eigenvalue weighted by Gasteiger charge is 2.37. The molecule has 0 aliphatic carbocycles. The van der Waals surface area contributed by atoms with Gasteiger partial charge in [-0.15, -0.1) is 0 Å². The van der Waals surface area contributed by atoms with Gasteiger partial charge in [0.05, 0.1) is 23.6 Å². The van der Waals surface area contributed by atoms with Crippen molar-refractivity contribution in [1.29, 1.82) is 0 Å². The number of nitrogens with zero attached hydrogens (tertiary/aromatic N) is 2. The molecule has 14 nitrogen and oxygen atoms in total. The zero-order chi connectivity index (χ0) is 34.1. The van der Waals surface area contributed by atoms with Crippen molar-refractivity contribution < 1.29 is 37.4 Å². The Morgan fingerprint density at radius 2 is 1.77 bits per heavy atom. The molecular formula is C32H40N6O8S. The minimum absolute atomic E-state index is 0.00681. The number of carbonyl (C=O) groups is 3. The second-order valence-electron chi connectivity index (χ2n) is 11.4. The summed E-state index contributed by atoms with van der Waals surface area (Å²) < 4.78 is 39.7. The lowest BCUT2D eigenvalue weighted by molar-refractivity contribution is -0.139. The molecule has 0 saturated carbocycles. The highest BCUT2D eigenvalue weighted by atomic mass is 32.2. The van der Waals surface area contributed by atoms with E-state index in [2.05, 4.69) is 20.3 Å². The summed E-state index contributed by atoms with van der Waals surface area (Å²) in [6, 6.07) is 15.8. The summed E-state index contributed by atoms with van der Waals surface area (Å²) in [5.74, 6) is -1.24. The summed E-state index contributed by atoms with van der Waals surface area (Å²) in [4.78, 5) is 43.4. The molecule has 3 atom stereocenters. The van der Waals surface area contributed by atoms with Gasteiger partial charge in [0.1, 0.15) is 30.9 Å². The van der Waals surface area contributed by atoms with Crippen molar-refractivity contribution in [2.75, 3.05) is 37.3 Å². The number of nitrogens with two attached hydrogens (primary N) is 1. The Labute approximate surface area is 273 Å². The summed E-state index contributed by atoms with van der Waals surface area (Å²) >= 11 is 0. The van der Waals surface area contributed by atoms with E-state index in [1.807, 2.05) is 37.3 Å². The van der Waals surface area contributed by atoms with Crippen LogP contribution in [0.15, 0.2) is 65.6 Å². The molecule has 1 fully saturated rings. The lowest BCUT2D eigenvalue weighted by Crippen LogP contribution is -2.49. The number of benzene rings is 2. The fourth-order valence-electron chi connectivity index (χ4n) is 5.46. The van der Waals surface area contributed by atoms with Crippen LogP contribution in [0.5, 0.6) is 0 Å². The first-order chi connectivity index (χ1) is 22.3. The number of amides is 2. The molecule has 2 heterocycles. The summed E-state index contributed by atoms with van der Waals surface area (Å²) in [5, 5.41) is 15.3. The summed E-state index contributed by atoms with van der Waals surface area (Å²) in [7, 11) is -4.21. The van der Waals surface area contributed by atoms with Gasteiger partial charge in [-0.3, -0.25) is 9.59 Å². The van der Waals surface area contributed by atoms with Crippen molar-refractivity contribution in [2.45, 2.75) is 56.9 Å². The van der Waals surface area contributed by atoms with Crippen molar-refractivity contribution in [3.8, 4) is 0 Å². The fourth-order valence-corrected chi connectivity index (χ4v) is 7.10. The molecule has 47 heavy (non-hydrogen) atoms. The van der Waals surface area contributed by atoms with Crippen molar-refractivity contribution in [1.82, 2.24) is 19.9 Å². The number of anilines is 2. The largest absolute Gasteiger partial charge is 0.480 e. The average molecular weight is 669 g/mol. The number of nitrogen functional groups attached to an aromatic ring is 1. The molecule has 4 rings (SSSR count). The van der Waals surface area contributed by atoms with E-state index in [9.17, 15) is 27.9 Å². The second kappa shape index (κ2) is 15.7. The molecular weight excluding hydrogens is 628 g/mol. The molecule has 2 aromatic carbocycles. The Balaban J connectivity index is 1.33. The number of rotatable bonds is 14. The average Bonchev–Trinajstić information content (AvgIpc) is 3.43. The molecule has 1 aliphatic rings. The van der Waals surface area contributed by atoms with Crippen LogP contribution in [0.4, 0.5) is 16.4 Å². The molecule has 1 aromatic heterocycles. The predicted octanol–water partition coefficient (Wildman–Crippen LogP) is 2.35. The number of aryl methyl sites for hydroxylation is 3. The van der Waals surface area contributed by atoms with Gasteiger partial charge in [-0.05, 0) is 56.0 Å². The van der Waals surface area contributed by atoms with Crippen LogP contribution < -0.4 is 21.1 Å². The molecule has 3 aromatic rings. The number of carbonyl (C=O) groups excluding carboxylic acids is 2. The number of pyridine rings is 1. The third-order valence-corrected chi connectivity index (χ3v) is 9.30. The maximum Gasteiger partial charge on any atom is 0.410 e. The normalized spacial score (nSPS) is 16.8. The molecule has 1 aliphatic heterocycles. The fraction of sp³-hybridized carbons (Fsp3) is 0.375. The van der Waals surface area contributed by atoms with E-state index in [4.69, 9.17) is 15.2 Å². The van der Waals surface area contributed by atoms with Crippen LogP contribution in [-0.2, 0) is 35.7 Å². The van der Waals surface area contributed by atoms with Crippen molar-refractivity contribution in [3.63, 3.8) is 0 Å². The number of sulfonamides is 1. The predicted molar refractivity (Wildman–Crippen MR) is 174 cm³/mol. The van der Waals surface area contributed by atoms with E-state index in [-0.39, 0.29) is 24.1 Å². The minimum Gasteiger partial charge on any atom is -0.480 e. The minimum atomic E-state index is -4.21. The summed E-state index contributed by atoms with van der Waals surface area (Å²) in [6.07, 6.45) is -0.713. The van der Waals surface area contributed by atoms with Crippen molar-refractivity contribution >= 4 is 39.6 Å². The van der Waals surface area contributed by atoms with Crippen LogP contribution in [0.2, 0.25) is 0 Å². The van der Waals surface area contributed by atoms with Gasteiger partial charge in [-0.25, -0.2) is 18.2 Å². The zero-order valence-corrected chi connectivity index (χ0v) is 27.2. The van der Waals surface area contributed by atoms with E-state index in [1.165, 1.54) is 4.90 Å². The Morgan fingerprint density at radius 1 is 1.06 bits per heavy atom. The Bertz CT molecular complexity index is 1660. The second-order valence-corrected chi connectivity index (χ2v) is 13.0. The number of aliphatic carboxylic acids is 1. The summed E-state index contributed by atoms with van der Waals surface area (Å²) in [6.45, 7) is 4.68. The molecule has 15 heteroatoms. The molecule has 6 N–H and O–H groups in total. The number of hydrogen-bond acceptors (Lipinski definition) is 10. The molecule has 0 bridgehead atoms. The first kappa shape index (κ1) is 35.1. The van der Waals surface area contributed by atoms with Gasteiger partial charge >= 0.3 is 12.1 Å². The van der Waals surface area contributed by atoms with Crippen LogP contribution >= 0.6 is 0 Å². The van der Waals surface area contributed by atoms with Crippen LogP contribution in [-0.4, -0.2) is 85.8 Å². The number of likely N-dealkylation sites (tertiary alicyclic amines) is 1. The van der Waals surface area contributed by atoms with Crippen LogP contribution in [0, 0.1) is 20.8 Å². The number of carboxylic acid groups (broad SMARTS) is 1. The van der Waals surface area contributed by atoms with E-state index < -0.39 is 53.3 Å². The maximum absolute atomic E-state index is 13.1. The SMILES string of the molecule is Cc1cc(C)c(S(=O)(=O)N[C@@H](CNC(=O)CO[C@@H]2C[C@@H](CNc3cccc(N)n3)N(C(=O)OCc3ccccc3)C2)C(=O)O)c(C)c1. The van der Waals surface area contributed by atoms with Gasteiger partial charge in [-0.1, -0.05) is 54.1 Å². The molecule has 2 amide bonds. The van der Waals surface area contributed by atoms with Gasteiger partial charge < -0.3 is 35.8 Å².